The van der Waals surface area contributed by atoms with E-state index in [1.165, 1.54) is 18.5 Å². The number of benzene rings is 1. The van der Waals surface area contributed by atoms with E-state index in [0.29, 0.717) is 11.3 Å². The first kappa shape index (κ1) is 14.5. The number of aryl methyl sites for hydroxylation is 1. The summed E-state index contributed by atoms with van der Waals surface area (Å²) in [5.41, 5.74) is 2.02. The van der Waals surface area contributed by atoms with Crippen molar-refractivity contribution in [2.75, 3.05) is 4.72 Å². The molecule has 0 saturated carbocycles. The van der Waals surface area contributed by atoms with Gasteiger partial charge in [0.25, 0.3) is 10.0 Å². The molecule has 20 heavy (non-hydrogen) atoms. The molecule has 0 saturated heterocycles. The maximum absolute atomic E-state index is 12.3. The molecule has 2 N–H and O–H groups in total. The smallest absolute Gasteiger partial charge is 0.261 e. The van der Waals surface area contributed by atoms with Gasteiger partial charge in [-0.25, -0.2) is 8.42 Å². The number of rotatable bonds is 5. The van der Waals surface area contributed by atoms with Crippen LogP contribution in [0.2, 0.25) is 0 Å². The fourth-order valence-corrected chi connectivity index (χ4v) is 3.00. The Morgan fingerprint density at radius 2 is 1.85 bits per heavy atom. The Hall–Kier alpha value is -1.92. The van der Waals surface area contributed by atoms with Crippen LogP contribution in [0.1, 0.15) is 18.1 Å². The Kier molecular flexibility index (Phi) is 4.36. The third-order valence-electron chi connectivity index (χ3n) is 2.97. The van der Waals surface area contributed by atoms with Crippen molar-refractivity contribution in [1.29, 1.82) is 0 Å². The van der Waals surface area contributed by atoms with Gasteiger partial charge in [0.05, 0.1) is 17.2 Å². The molecule has 1 aromatic heterocycles. The second-order valence-corrected chi connectivity index (χ2v) is 5.97. The quantitative estimate of drug-likeness (QED) is 0.882. The molecule has 0 unspecified atom stereocenters. The average molecular weight is 292 g/mol. The van der Waals surface area contributed by atoms with Crippen LogP contribution in [-0.2, 0) is 23.1 Å². The summed E-state index contributed by atoms with van der Waals surface area (Å²) in [6, 6.07) is 7.92. The molecule has 0 fully saturated rings. The summed E-state index contributed by atoms with van der Waals surface area (Å²) >= 11 is 0. The molecule has 0 amide bonds. The number of aromatic nitrogens is 1. The minimum absolute atomic E-state index is 0.135. The predicted molar refractivity (Wildman–Crippen MR) is 76.8 cm³/mol. The summed E-state index contributed by atoms with van der Waals surface area (Å²) < 4.78 is 27.0. The zero-order valence-corrected chi connectivity index (χ0v) is 11.9. The normalized spacial score (nSPS) is 11.3. The van der Waals surface area contributed by atoms with E-state index < -0.39 is 10.0 Å². The molecule has 106 valence electrons. The van der Waals surface area contributed by atoms with Gasteiger partial charge in [0.2, 0.25) is 0 Å². The molecule has 2 aromatic rings. The lowest BCUT2D eigenvalue weighted by molar-refractivity contribution is 0.280. The summed E-state index contributed by atoms with van der Waals surface area (Å²) in [5, 5.41) is 9.31. The third-order valence-corrected chi connectivity index (χ3v) is 4.35. The summed E-state index contributed by atoms with van der Waals surface area (Å²) in [7, 11) is -3.66. The molecule has 2 rings (SSSR count). The SMILES string of the molecule is CCc1ccc(S(=O)(=O)Nc2ccncc2)cc1CO. The van der Waals surface area contributed by atoms with Crippen LogP contribution >= 0.6 is 0 Å². The molecule has 0 spiro atoms. The zero-order chi connectivity index (χ0) is 14.6. The number of nitrogens with zero attached hydrogens (tertiary/aromatic N) is 1. The molecule has 1 heterocycles. The summed E-state index contributed by atoms with van der Waals surface area (Å²) in [6.07, 6.45) is 3.77. The van der Waals surface area contributed by atoms with Crippen molar-refractivity contribution in [2.45, 2.75) is 24.8 Å². The van der Waals surface area contributed by atoms with Gasteiger partial charge >= 0.3 is 0 Å². The van der Waals surface area contributed by atoms with Crippen LogP contribution < -0.4 is 4.72 Å². The van der Waals surface area contributed by atoms with Crippen LogP contribution in [0.15, 0.2) is 47.6 Å². The molecule has 0 bridgehead atoms. The van der Waals surface area contributed by atoms with E-state index in [1.807, 2.05) is 6.92 Å². The summed E-state index contributed by atoms with van der Waals surface area (Å²) in [5.74, 6) is 0. The van der Waals surface area contributed by atoms with Gasteiger partial charge in [0.1, 0.15) is 0 Å². The molecule has 6 heteroatoms. The second kappa shape index (κ2) is 6.02. The highest BCUT2D eigenvalue weighted by atomic mass is 32.2. The molecule has 0 atom stereocenters. The number of anilines is 1. The van der Waals surface area contributed by atoms with E-state index in [4.69, 9.17) is 0 Å². The highest BCUT2D eigenvalue weighted by molar-refractivity contribution is 7.92. The monoisotopic (exact) mass is 292 g/mol. The Labute approximate surface area is 118 Å². The Balaban J connectivity index is 2.35. The van der Waals surface area contributed by atoms with Crippen LogP contribution in [0.5, 0.6) is 0 Å². The van der Waals surface area contributed by atoms with Crippen molar-refractivity contribution in [3.05, 3.63) is 53.9 Å². The van der Waals surface area contributed by atoms with Crippen molar-refractivity contribution < 1.29 is 13.5 Å². The predicted octanol–water partition coefficient (Wildman–Crippen LogP) is 1.94. The lowest BCUT2D eigenvalue weighted by atomic mass is 10.1. The first-order valence-electron chi connectivity index (χ1n) is 6.22. The van der Waals surface area contributed by atoms with E-state index in [2.05, 4.69) is 9.71 Å². The topological polar surface area (TPSA) is 79.3 Å². The number of sulfonamides is 1. The van der Waals surface area contributed by atoms with Crippen molar-refractivity contribution in [3.8, 4) is 0 Å². The van der Waals surface area contributed by atoms with Gasteiger partial charge in [-0.2, -0.15) is 0 Å². The van der Waals surface area contributed by atoms with Crippen LogP contribution in [0.4, 0.5) is 5.69 Å². The van der Waals surface area contributed by atoms with Gasteiger partial charge in [-0.05, 0) is 41.8 Å². The number of aliphatic hydroxyl groups excluding tert-OH is 1. The molecular formula is C14H16N2O3S. The van der Waals surface area contributed by atoms with Gasteiger partial charge in [-0.15, -0.1) is 0 Å². The minimum atomic E-state index is -3.66. The highest BCUT2D eigenvalue weighted by Crippen LogP contribution is 2.19. The van der Waals surface area contributed by atoms with Crippen LogP contribution in [0.25, 0.3) is 0 Å². The zero-order valence-electron chi connectivity index (χ0n) is 11.1. The molecule has 5 nitrogen and oxygen atoms in total. The van der Waals surface area contributed by atoms with E-state index >= 15 is 0 Å². The Morgan fingerprint density at radius 3 is 2.45 bits per heavy atom. The minimum Gasteiger partial charge on any atom is -0.392 e. The van der Waals surface area contributed by atoms with Crippen LogP contribution in [-0.4, -0.2) is 18.5 Å². The van der Waals surface area contributed by atoms with Crippen molar-refractivity contribution in [3.63, 3.8) is 0 Å². The summed E-state index contributed by atoms with van der Waals surface area (Å²) in [4.78, 5) is 3.97. The fraction of sp³-hybridized carbons (Fsp3) is 0.214. The molecule has 0 aliphatic carbocycles. The first-order chi connectivity index (χ1) is 9.56. The van der Waals surface area contributed by atoms with Gasteiger partial charge in [-0.1, -0.05) is 13.0 Å². The van der Waals surface area contributed by atoms with E-state index in [0.717, 1.165) is 12.0 Å². The molecule has 0 aliphatic heterocycles. The van der Waals surface area contributed by atoms with E-state index in [1.54, 1.807) is 24.3 Å². The van der Waals surface area contributed by atoms with E-state index in [-0.39, 0.29) is 11.5 Å². The Morgan fingerprint density at radius 1 is 1.15 bits per heavy atom. The van der Waals surface area contributed by atoms with Crippen LogP contribution in [0.3, 0.4) is 0 Å². The lowest BCUT2D eigenvalue weighted by Gasteiger charge is -2.11. The first-order valence-corrected chi connectivity index (χ1v) is 7.70. The van der Waals surface area contributed by atoms with Crippen molar-refractivity contribution in [1.82, 2.24) is 4.98 Å². The molecular weight excluding hydrogens is 276 g/mol. The lowest BCUT2D eigenvalue weighted by Crippen LogP contribution is -2.13. The fourth-order valence-electron chi connectivity index (χ4n) is 1.90. The number of nitrogens with one attached hydrogen (secondary N) is 1. The van der Waals surface area contributed by atoms with Gasteiger partial charge in [0.15, 0.2) is 0 Å². The van der Waals surface area contributed by atoms with Crippen LogP contribution in [0, 0.1) is 0 Å². The maximum Gasteiger partial charge on any atom is 0.261 e. The molecule has 0 radical (unpaired) electrons. The standard InChI is InChI=1S/C14H16N2O3S/c1-2-11-3-4-14(9-12(11)10-17)20(18,19)16-13-5-7-15-8-6-13/h3-9,17H,2,10H2,1H3,(H,15,16). The number of hydrogen-bond donors (Lipinski definition) is 2. The van der Waals surface area contributed by atoms with Crippen molar-refractivity contribution >= 4 is 15.7 Å². The average Bonchev–Trinajstić information content (AvgIpc) is 2.47. The summed E-state index contributed by atoms with van der Waals surface area (Å²) in [6.45, 7) is 1.78. The number of pyridine rings is 1. The van der Waals surface area contributed by atoms with Crippen molar-refractivity contribution in [2.24, 2.45) is 0 Å². The highest BCUT2D eigenvalue weighted by Gasteiger charge is 2.15. The van der Waals surface area contributed by atoms with Gasteiger partial charge in [-0.3, -0.25) is 9.71 Å². The molecule has 0 aliphatic rings. The number of aliphatic hydroxyl groups is 1. The maximum atomic E-state index is 12.3. The van der Waals surface area contributed by atoms with E-state index in [9.17, 15) is 13.5 Å². The largest absolute Gasteiger partial charge is 0.392 e. The van der Waals surface area contributed by atoms with Gasteiger partial charge in [0, 0.05) is 12.4 Å². The van der Waals surface area contributed by atoms with Gasteiger partial charge < -0.3 is 5.11 Å². The Bertz CT molecular complexity index is 685. The molecule has 1 aromatic carbocycles. The second-order valence-electron chi connectivity index (χ2n) is 4.28. The third kappa shape index (κ3) is 3.15. The number of hydrogen-bond acceptors (Lipinski definition) is 4.